The van der Waals surface area contributed by atoms with E-state index in [0.717, 1.165) is 24.8 Å². The molecular weight excluding hydrogens is 302 g/mol. The number of primary amides is 1. The normalized spacial score (nSPS) is 16.9. The largest absolute Gasteiger partial charge is 0.351 e. The van der Waals surface area contributed by atoms with Gasteiger partial charge in [0.2, 0.25) is 5.91 Å². The molecule has 0 aliphatic carbocycles. The minimum atomic E-state index is -0.446. The maximum absolute atomic E-state index is 12.8. The van der Waals surface area contributed by atoms with Crippen LogP contribution < -0.4 is 5.73 Å². The fourth-order valence-electron chi connectivity index (χ4n) is 2.93. The molecule has 128 valence electrons. The van der Waals surface area contributed by atoms with Gasteiger partial charge in [-0.15, -0.1) is 0 Å². The van der Waals surface area contributed by atoms with Gasteiger partial charge in [-0.05, 0) is 31.4 Å². The first kappa shape index (κ1) is 17.9. The zero-order valence-corrected chi connectivity index (χ0v) is 14.2. The highest BCUT2D eigenvalue weighted by molar-refractivity contribution is 5.81. The van der Waals surface area contributed by atoms with E-state index in [1.165, 1.54) is 0 Å². The van der Waals surface area contributed by atoms with E-state index in [1.807, 2.05) is 37.3 Å². The van der Waals surface area contributed by atoms with Crippen molar-refractivity contribution in [1.82, 2.24) is 9.80 Å². The Bertz CT molecular complexity index is 618. The van der Waals surface area contributed by atoms with E-state index < -0.39 is 6.03 Å². The van der Waals surface area contributed by atoms with Crippen LogP contribution in [-0.4, -0.2) is 47.9 Å². The lowest BCUT2D eigenvalue weighted by atomic mass is 9.96. The predicted molar refractivity (Wildman–Crippen MR) is 94.1 cm³/mol. The molecule has 1 aromatic rings. The van der Waals surface area contributed by atoms with Crippen molar-refractivity contribution >= 4 is 11.9 Å². The van der Waals surface area contributed by atoms with Gasteiger partial charge in [0.15, 0.2) is 0 Å². The summed E-state index contributed by atoms with van der Waals surface area (Å²) in [6.45, 7) is 4.19. The first-order chi connectivity index (χ1) is 11.6. The second-order valence-corrected chi connectivity index (χ2v) is 6.05. The molecule has 5 nitrogen and oxygen atoms in total. The lowest BCUT2D eigenvalue weighted by molar-refractivity contribution is -0.136. The molecule has 0 radical (unpaired) electrons. The molecule has 3 amide bonds. The lowest BCUT2D eigenvalue weighted by Crippen LogP contribution is -2.48. The molecule has 1 aliphatic rings. The van der Waals surface area contributed by atoms with E-state index in [1.54, 1.807) is 9.80 Å². The third-order valence-corrected chi connectivity index (χ3v) is 4.16. The molecule has 1 saturated heterocycles. The monoisotopic (exact) mass is 327 g/mol. The Balaban J connectivity index is 2.00. The van der Waals surface area contributed by atoms with Gasteiger partial charge in [0.1, 0.15) is 0 Å². The number of urea groups is 1. The van der Waals surface area contributed by atoms with Crippen molar-refractivity contribution in [2.45, 2.75) is 26.2 Å². The van der Waals surface area contributed by atoms with Crippen LogP contribution in [0.4, 0.5) is 4.79 Å². The quantitative estimate of drug-likeness (QED) is 0.860. The number of carbonyl (C=O) groups is 2. The van der Waals surface area contributed by atoms with E-state index in [9.17, 15) is 9.59 Å². The van der Waals surface area contributed by atoms with Crippen molar-refractivity contribution in [3.63, 3.8) is 0 Å². The average molecular weight is 327 g/mol. The zero-order valence-electron chi connectivity index (χ0n) is 14.2. The molecule has 0 spiro atoms. The third-order valence-electron chi connectivity index (χ3n) is 4.16. The van der Waals surface area contributed by atoms with Gasteiger partial charge in [-0.2, -0.15) is 0 Å². The van der Waals surface area contributed by atoms with Crippen LogP contribution in [0.15, 0.2) is 30.3 Å². The summed E-state index contributed by atoms with van der Waals surface area (Å²) in [4.78, 5) is 27.5. The predicted octanol–water partition coefficient (Wildman–Crippen LogP) is 2.07. The van der Waals surface area contributed by atoms with Crippen molar-refractivity contribution in [3.05, 3.63) is 35.9 Å². The number of piperidine rings is 1. The van der Waals surface area contributed by atoms with E-state index in [4.69, 9.17) is 5.73 Å². The number of benzene rings is 1. The fraction of sp³-hybridized carbons (Fsp3) is 0.474. The highest BCUT2D eigenvalue weighted by Gasteiger charge is 2.30. The minimum absolute atomic E-state index is 0.0742. The van der Waals surface area contributed by atoms with Crippen molar-refractivity contribution in [2.24, 2.45) is 11.7 Å². The SMILES string of the molecule is CCCN(CC#Cc1ccccc1)C(=O)[C@@H]1CCCN(C(N)=O)C1. The molecule has 2 rings (SSSR count). The van der Waals surface area contributed by atoms with Crippen LogP contribution in [0.1, 0.15) is 31.7 Å². The Morgan fingerprint density at radius 3 is 2.75 bits per heavy atom. The summed E-state index contributed by atoms with van der Waals surface area (Å²) in [5.41, 5.74) is 6.29. The summed E-state index contributed by atoms with van der Waals surface area (Å²) in [6.07, 6.45) is 2.49. The Labute approximate surface area is 143 Å². The molecule has 1 aliphatic heterocycles. The van der Waals surface area contributed by atoms with Crippen LogP contribution in [0.3, 0.4) is 0 Å². The van der Waals surface area contributed by atoms with Gasteiger partial charge < -0.3 is 15.5 Å². The van der Waals surface area contributed by atoms with E-state index in [0.29, 0.717) is 26.2 Å². The number of hydrogen-bond acceptors (Lipinski definition) is 2. The lowest BCUT2D eigenvalue weighted by Gasteiger charge is -2.33. The molecule has 1 fully saturated rings. The van der Waals surface area contributed by atoms with Crippen LogP contribution in [0.25, 0.3) is 0 Å². The third kappa shape index (κ3) is 5.02. The van der Waals surface area contributed by atoms with Crippen LogP contribution in [0, 0.1) is 17.8 Å². The Kier molecular flexibility index (Phi) is 6.68. The number of likely N-dealkylation sites (tertiary alicyclic amines) is 1. The smallest absolute Gasteiger partial charge is 0.314 e. The molecule has 0 saturated carbocycles. The van der Waals surface area contributed by atoms with Crippen LogP contribution in [0.5, 0.6) is 0 Å². The number of carbonyl (C=O) groups excluding carboxylic acids is 2. The first-order valence-electron chi connectivity index (χ1n) is 8.49. The van der Waals surface area contributed by atoms with E-state index in [-0.39, 0.29) is 11.8 Å². The molecule has 0 aromatic heterocycles. The summed E-state index contributed by atoms with van der Waals surface area (Å²) in [7, 11) is 0. The van der Waals surface area contributed by atoms with Gasteiger partial charge >= 0.3 is 6.03 Å². The van der Waals surface area contributed by atoms with Crippen LogP contribution >= 0.6 is 0 Å². The minimum Gasteiger partial charge on any atom is -0.351 e. The molecule has 24 heavy (non-hydrogen) atoms. The molecular formula is C19H25N3O2. The molecule has 0 bridgehead atoms. The molecule has 5 heteroatoms. The fourth-order valence-corrected chi connectivity index (χ4v) is 2.93. The zero-order chi connectivity index (χ0) is 17.4. The highest BCUT2D eigenvalue weighted by Crippen LogP contribution is 2.19. The number of nitrogens with two attached hydrogens (primary N) is 1. The maximum atomic E-state index is 12.8. The van der Waals surface area contributed by atoms with Crippen molar-refractivity contribution in [3.8, 4) is 11.8 Å². The number of rotatable bonds is 4. The van der Waals surface area contributed by atoms with Gasteiger partial charge in [-0.25, -0.2) is 4.79 Å². The molecule has 1 atom stereocenters. The van der Waals surface area contributed by atoms with Gasteiger partial charge in [0, 0.05) is 25.2 Å². The number of nitrogens with zero attached hydrogens (tertiary/aromatic N) is 2. The molecule has 0 unspecified atom stereocenters. The van der Waals surface area contributed by atoms with Crippen molar-refractivity contribution < 1.29 is 9.59 Å². The van der Waals surface area contributed by atoms with E-state index >= 15 is 0 Å². The number of hydrogen-bond donors (Lipinski definition) is 1. The summed E-state index contributed by atoms with van der Waals surface area (Å²) in [5, 5.41) is 0. The Hall–Kier alpha value is -2.48. The molecule has 1 heterocycles. The second-order valence-electron chi connectivity index (χ2n) is 6.05. The number of amides is 3. The summed E-state index contributed by atoms with van der Waals surface area (Å²) in [5.74, 6) is 6.08. The average Bonchev–Trinajstić information content (AvgIpc) is 2.61. The Morgan fingerprint density at radius 1 is 1.33 bits per heavy atom. The summed E-state index contributed by atoms with van der Waals surface area (Å²) < 4.78 is 0. The highest BCUT2D eigenvalue weighted by atomic mass is 16.2. The molecule has 2 N–H and O–H groups in total. The van der Waals surface area contributed by atoms with Gasteiger partial charge in [-0.3, -0.25) is 4.79 Å². The topological polar surface area (TPSA) is 66.6 Å². The van der Waals surface area contributed by atoms with E-state index in [2.05, 4.69) is 11.8 Å². The first-order valence-corrected chi connectivity index (χ1v) is 8.49. The van der Waals surface area contributed by atoms with Crippen LogP contribution in [-0.2, 0) is 4.79 Å². The van der Waals surface area contributed by atoms with Crippen molar-refractivity contribution in [2.75, 3.05) is 26.2 Å². The van der Waals surface area contributed by atoms with Gasteiger partial charge in [0.25, 0.3) is 0 Å². The van der Waals surface area contributed by atoms with Gasteiger partial charge in [-0.1, -0.05) is 37.0 Å². The molecule has 1 aromatic carbocycles. The summed E-state index contributed by atoms with van der Waals surface area (Å²) in [6, 6.07) is 9.29. The van der Waals surface area contributed by atoms with Crippen LogP contribution in [0.2, 0.25) is 0 Å². The standard InChI is InChI=1S/C19H25N3O2/c1-2-12-21(13-6-10-16-8-4-3-5-9-16)18(23)17-11-7-14-22(15-17)19(20)24/h3-5,8-9,17H,2,7,11-15H2,1H3,(H2,20,24)/t17-/m1/s1. The van der Waals surface area contributed by atoms with Crippen molar-refractivity contribution in [1.29, 1.82) is 0 Å². The Morgan fingerprint density at radius 2 is 2.08 bits per heavy atom. The van der Waals surface area contributed by atoms with Gasteiger partial charge in [0.05, 0.1) is 12.5 Å². The maximum Gasteiger partial charge on any atom is 0.314 e. The summed E-state index contributed by atoms with van der Waals surface area (Å²) >= 11 is 0. The second kappa shape index (κ2) is 8.97.